The second kappa shape index (κ2) is 14.3. The van der Waals surface area contributed by atoms with Crippen LogP contribution in [0.2, 0.25) is 0 Å². The molecule has 1 aliphatic heterocycles. The molecule has 0 bridgehead atoms. The fraction of sp³-hybridized carbons (Fsp3) is 0.615. The van der Waals surface area contributed by atoms with Crippen LogP contribution in [-0.4, -0.2) is 78.4 Å². The summed E-state index contributed by atoms with van der Waals surface area (Å²) in [7, 11) is 1.37. The average Bonchev–Trinajstić information content (AvgIpc) is 2.85. The first-order valence-corrected chi connectivity index (χ1v) is 12.4. The highest BCUT2D eigenvalue weighted by atomic mass is 16.6. The van der Waals surface area contributed by atoms with E-state index in [0.717, 1.165) is 24.8 Å². The summed E-state index contributed by atoms with van der Waals surface area (Å²) in [6.45, 7) is 7.77. The summed E-state index contributed by atoms with van der Waals surface area (Å²) < 4.78 is 10.1. The molecule has 1 aromatic rings. The number of aliphatic hydroxyl groups excluding tert-OH is 1. The second-order valence-electron chi connectivity index (χ2n) is 9.82. The number of methoxy groups -OCH3 is 1. The zero-order valence-corrected chi connectivity index (χ0v) is 21.8. The lowest BCUT2D eigenvalue weighted by atomic mass is 9.93. The molecule has 0 atom stereocenters. The molecule has 2 N–H and O–H groups in total. The first-order valence-electron chi connectivity index (χ1n) is 12.4. The number of esters is 1. The molecule has 0 radical (unpaired) electrons. The third-order valence-corrected chi connectivity index (χ3v) is 5.93. The van der Waals surface area contributed by atoms with Gasteiger partial charge in [-0.05, 0) is 70.1 Å². The van der Waals surface area contributed by atoms with E-state index in [0.29, 0.717) is 56.6 Å². The fourth-order valence-electron chi connectivity index (χ4n) is 3.95. The van der Waals surface area contributed by atoms with Crippen LogP contribution >= 0.6 is 0 Å². The first kappa shape index (κ1) is 28.9. The van der Waals surface area contributed by atoms with Crippen LogP contribution in [-0.2, 0) is 20.7 Å². The van der Waals surface area contributed by atoms with Crippen LogP contribution in [0.5, 0.6) is 0 Å². The SMILES string of the molecule is COC(=O)CCc1ccc(N=C(NC#N)N(CCO)CCC2CCN(C(=O)OC(C)(C)C)CC2)cc1. The third kappa shape index (κ3) is 10.1. The van der Waals surface area contributed by atoms with E-state index in [4.69, 9.17) is 4.74 Å². The van der Waals surface area contributed by atoms with Gasteiger partial charge in [-0.2, -0.15) is 5.26 Å². The van der Waals surface area contributed by atoms with Crippen molar-refractivity contribution in [2.75, 3.05) is 39.9 Å². The van der Waals surface area contributed by atoms with Crippen LogP contribution in [0.3, 0.4) is 0 Å². The van der Waals surface area contributed by atoms with E-state index in [1.165, 1.54) is 7.11 Å². The lowest BCUT2D eigenvalue weighted by Crippen LogP contribution is -2.44. The van der Waals surface area contributed by atoms with Crippen LogP contribution in [0, 0.1) is 17.4 Å². The third-order valence-electron chi connectivity index (χ3n) is 5.93. The number of aliphatic imine (C=N–C) groups is 1. The van der Waals surface area contributed by atoms with Crippen LogP contribution in [0.25, 0.3) is 0 Å². The van der Waals surface area contributed by atoms with Gasteiger partial charge in [-0.15, -0.1) is 0 Å². The highest BCUT2D eigenvalue weighted by molar-refractivity contribution is 5.84. The van der Waals surface area contributed by atoms with Crippen molar-refractivity contribution in [3.8, 4) is 6.19 Å². The van der Waals surface area contributed by atoms with Crippen molar-refractivity contribution in [1.29, 1.82) is 5.26 Å². The van der Waals surface area contributed by atoms with Crippen LogP contribution in [0.1, 0.15) is 52.0 Å². The molecule has 1 amide bonds. The molecule has 1 fully saturated rings. The van der Waals surface area contributed by atoms with Gasteiger partial charge in [0, 0.05) is 32.6 Å². The van der Waals surface area contributed by atoms with E-state index in [2.05, 4.69) is 15.0 Å². The van der Waals surface area contributed by atoms with E-state index in [1.54, 1.807) is 4.90 Å². The molecular weight excluding hydrogens is 462 g/mol. The lowest BCUT2D eigenvalue weighted by molar-refractivity contribution is -0.140. The second-order valence-corrected chi connectivity index (χ2v) is 9.82. The number of hydrogen-bond acceptors (Lipinski definition) is 7. The molecule has 10 heteroatoms. The van der Waals surface area contributed by atoms with Crippen molar-refractivity contribution in [3.05, 3.63) is 29.8 Å². The largest absolute Gasteiger partial charge is 0.469 e. The van der Waals surface area contributed by atoms with Gasteiger partial charge in [-0.25, -0.2) is 9.79 Å². The smallest absolute Gasteiger partial charge is 0.410 e. The maximum absolute atomic E-state index is 12.3. The Kier molecular flexibility index (Phi) is 11.5. The molecule has 36 heavy (non-hydrogen) atoms. The number of rotatable bonds is 9. The monoisotopic (exact) mass is 501 g/mol. The predicted octanol–water partition coefficient (Wildman–Crippen LogP) is 3.18. The number of piperidine rings is 1. The van der Waals surface area contributed by atoms with Gasteiger partial charge in [0.15, 0.2) is 6.19 Å². The zero-order valence-electron chi connectivity index (χ0n) is 21.8. The Hall–Kier alpha value is -3.32. The van der Waals surface area contributed by atoms with E-state index in [1.807, 2.05) is 56.1 Å². The Balaban J connectivity index is 1.96. The summed E-state index contributed by atoms with van der Waals surface area (Å²) in [6, 6.07) is 7.44. The Bertz CT molecular complexity index is 912. The van der Waals surface area contributed by atoms with Crippen molar-refractivity contribution >= 4 is 23.7 Å². The normalized spacial score (nSPS) is 14.7. The molecule has 0 aliphatic carbocycles. The van der Waals surface area contributed by atoms with Gasteiger partial charge in [0.2, 0.25) is 5.96 Å². The molecule has 10 nitrogen and oxygen atoms in total. The minimum Gasteiger partial charge on any atom is -0.469 e. The molecule has 0 aromatic heterocycles. The summed E-state index contributed by atoms with van der Waals surface area (Å²) in [5, 5.41) is 21.5. The minimum atomic E-state index is -0.508. The van der Waals surface area contributed by atoms with Crippen LogP contribution in [0.4, 0.5) is 10.5 Å². The standard InChI is InChI=1S/C26H39N5O5/c1-26(2,3)36-25(34)31-15-12-21(13-16-31)11-14-30(17-18-32)24(28-19-27)29-22-8-5-20(6-9-22)7-10-23(33)35-4/h5-6,8-9,21,32H,7,10-18H2,1-4H3,(H,28,29). The van der Waals surface area contributed by atoms with Crippen LogP contribution in [0.15, 0.2) is 29.3 Å². The van der Waals surface area contributed by atoms with Crippen molar-refractivity contribution < 1.29 is 24.2 Å². The minimum absolute atomic E-state index is 0.0737. The Morgan fingerprint density at radius 2 is 1.89 bits per heavy atom. The predicted molar refractivity (Wildman–Crippen MR) is 136 cm³/mol. The van der Waals surface area contributed by atoms with Gasteiger partial charge < -0.3 is 24.4 Å². The van der Waals surface area contributed by atoms with Gasteiger partial charge in [0.1, 0.15) is 5.60 Å². The number of hydrogen-bond donors (Lipinski definition) is 2. The molecule has 0 spiro atoms. The zero-order chi connectivity index (χ0) is 26.6. The van der Waals surface area contributed by atoms with E-state index < -0.39 is 5.60 Å². The van der Waals surface area contributed by atoms with Gasteiger partial charge in [0.05, 0.1) is 19.4 Å². The van der Waals surface area contributed by atoms with Crippen LogP contribution < -0.4 is 5.32 Å². The molecular formula is C26H39N5O5. The number of aliphatic hydroxyl groups is 1. The first-order chi connectivity index (χ1) is 17.1. The molecule has 1 saturated heterocycles. The molecule has 1 heterocycles. The summed E-state index contributed by atoms with van der Waals surface area (Å²) in [5.74, 6) is 0.537. The maximum atomic E-state index is 12.3. The number of likely N-dealkylation sites (tertiary alicyclic amines) is 1. The molecule has 1 aromatic carbocycles. The number of carbonyl (C=O) groups is 2. The topological polar surface area (TPSA) is 127 Å². The number of benzene rings is 1. The van der Waals surface area contributed by atoms with E-state index >= 15 is 0 Å². The van der Waals surface area contributed by atoms with Crippen molar-refractivity contribution in [2.24, 2.45) is 10.9 Å². The number of nitriles is 1. The molecule has 198 valence electrons. The molecule has 2 rings (SSSR count). The number of carbonyl (C=O) groups excluding carboxylic acids is 2. The van der Waals surface area contributed by atoms with Crippen molar-refractivity contribution in [3.63, 3.8) is 0 Å². The molecule has 0 saturated carbocycles. The Morgan fingerprint density at radius 1 is 1.22 bits per heavy atom. The quantitative estimate of drug-likeness (QED) is 0.174. The lowest BCUT2D eigenvalue weighted by Gasteiger charge is -2.34. The molecule has 0 unspecified atom stereocenters. The van der Waals surface area contributed by atoms with Gasteiger partial charge in [-0.1, -0.05) is 12.1 Å². The Morgan fingerprint density at radius 3 is 2.44 bits per heavy atom. The summed E-state index contributed by atoms with van der Waals surface area (Å²) in [5.41, 5.74) is 1.13. The highest BCUT2D eigenvalue weighted by Crippen LogP contribution is 2.23. The number of nitrogens with one attached hydrogen (secondary N) is 1. The number of amides is 1. The maximum Gasteiger partial charge on any atom is 0.410 e. The number of nitrogens with zero attached hydrogens (tertiary/aromatic N) is 4. The summed E-state index contributed by atoms with van der Waals surface area (Å²) >= 11 is 0. The average molecular weight is 502 g/mol. The van der Waals surface area contributed by atoms with Gasteiger partial charge in [0.25, 0.3) is 0 Å². The van der Waals surface area contributed by atoms with E-state index in [-0.39, 0.29) is 18.7 Å². The summed E-state index contributed by atoms with van der Waals surface area (Å²) in [6.07, 6.45) is 5.14. The number of aryl methyl sites for hydroxylation is 1. The van der Waals surface area contributed by atoms with E-state index in [9.17, 15) is 20.0 Å². The fourth-order valence-corrected chi connectivity index (χ4v) is 3.95. The van der Waals surface area contributed by atoms with Gasteiger partial charge in [-0.3, -0.25) is 10.1 Å². The number of ether oxygens (including phenoxy) is 2. The number of guanidine groups is 1. The Labute approximate surface area is 213 Å². The van der Waals surface area contributed by atoms with Gasteiger partial charge >= 0.3 is 12.1 Å². The molecule has 1 aliphatic rings. The summed E-state index contributed by atoms with van der Waals surface area (Å²) in [4.78, 5) is 31.9. The highest BCUT2D eigenvalue weighted by Gasteiger charge is 2.27. The van der Waals surface area contributed by atoms with Crippen molar-refractivity contribution in [1.82, 2.24) is 15.1 Å². The van der Waals surface area contributed by atoms with Crippen molar-refractivity contribution in [2.45, 2.75) is 58.5 Å².